The van der Waals surface area contributed by atoms with E-state index in [0.29, 0.717) is 17.5 Å². The normalized spacial score (nSPS) is 17.5. The Bertz CT molecular complexity index is 874. The molecule has 2 aromatic rings. The van der Waals surface area contributed by atoms with E-state index in [1.54, 1.807) is 11.2 Å². The Morgan fingerprint density at radius 3 is 2.90 bits per heavy atom. The van der Waals surface area contributed by atoms with Gasteiger partial charge in [-0.2, -0.15) is 0 Å². The van der Waals surface area contributed by atoms with Crippen LogP contribution in [-0.4, -0.2) is 27.1 Å². The summed E-state index contributed by atoms with van der Waals surface area (Å²) >= 11 is 6.03. The second-order valence-corrected chi connectivity index (χ2v) is 8.39. The number of halogens is 1. The number of rotatable bonds is 11. The summed E-state index contributed by atoms with van der Waals surface area (Å²) in [6.45, 7) is 8.93. The summed E-state index contributed by atoms with van der Waals surface area (Å²) in [6, 6.07) is 7.76. The zero-order valence-electron chi connectivity index (χ0n) is 18.1. The van der Waals surface area contributed by atoms with Crippen molar-refractivity contribution in [3.8, 4) is 0 Å². The minimum absolute atomic E-state index is 0.0529. The van der Waals surface area contributed by atoms with Gasteiger partial charge in [-0.25, -0.2) is 9.99 Å². The van der Waals surface area contributed by atoms with Crippen LogP contribution in [0.2, 0.25) is 5.02 Å². The Morgan fingerprint density at radius 2 is 2.23 bits per heavy atom. The zero-order valence-corrected chi connectivity index (χ0v) is 18.9. The average molecular weight is 442 g/mol. The lowest BCUT2D eigenvalue weighted by atomic mass is 9.81. The molecule has 1 heterocycles. The highest BCUT2D eigenvalue weighted by atomic mass is 35.5. The van der Waals surface area contributed by atoms with E-state index in [1.165, 1.54) is 12.0 Å². The van der Waals surface area contributed by atoms with Crippen LogP contribution in [0, 0.1) is 5.92 Å². The third-order valence-electron chi connectivity index (χ3n) is 5.79. The van der Waals surface area contributed by atoms with Crippen LogP contribution in [0.3, 0.4) is 0 Å². The third kappa shape index (κ3) is 6.67. The summed E-state index contributed by atoms with van der Waals surface area (Å²) in [7, 11) is 0. The highest BCUT2D eigenvalue weighted by molar-refractivity contribution is 6.30. The standard InChI is InChI=1S/C23H32ClN7/c1-18-6-3-4-7-22(18)23(27-12-5-14-30-15-13-26-17-30)19(2)31(29-28-25)16-20-8-10-21(24)11-9-20/h6,8-11,13,15,17,22-23,27H,2-5,7,12,14,16H2,1H3,(H2,25,29)/t22-,23?/m0/s1. The number of aromatic nitrogens is 2. The number of benzene rings is 1. The summed E-state index contributed by atoms with van der Waals surface area (Å²) in [5.74, 6) is 5.81. The fraction of sp³-hybridized carbons (Fsp3) is 0.435. The molecule has 0 saturated heterocycles. The van der Waals surface area contributed by atoms with Gasteiger partial charge in [-0.05, 0) is 62.1 Å². The predicted octanol–water partition coefficient (Wildman–Crippen LogP) is 4.89. The molecule has 0 aliphatic heterocycles. The predicted molar refractivity (Wildman–Crippen MR) is 125 cm³/mol. The summed E-state index contributed by atoms with van der Waals surface area (Å²) in [5.41, 5.74) is 3.33. The Kier molecular flexibility index (Phi) is 8.67. The number of nitrogens with one attached hydrogen (secondary N) is 1. The van der Waals surface area contributed by atoms with Crippen molar-refractivity contribution in [2.75, 3.05) is 6.54 Å². The second kappa shape index (κ2) is 11.7. The van der Waals surface area contributed by atoms with E-state index in [9.17, 15) is 0 Å². The van der Waals surface area contributed by atoms with Gasteiger partial charge in [-0.15, -0.1) is 0 Å². The monoisotopic (exact) mass is 441 g/mol. The van der Waals surface area contributed by atoms with E-state index >= 15 is 0 Å². The smallest absolute Gasteiger partial charge is 0.0945 e. The van der Waals surface area contributed by atoms with Gasteiger partial charge in [-0.1, -0.05) is 47.2 Å². The molecule has 0 bridgehead atoms. The molecule has 0 spiro atoms. The Morgan fingerprint density at radius 1 is 1.42 bits per heavy atom. The maximum absolute atomic E-state index is 6.03. The van der Waals surface area contributed by atoms with Gasteiger partial charge in [0.15, 0.2) is 0 Å². The summed E-state index contributed by atoms with van der Waals surface area (Å²) < 4.78 is 2.09. The van der Waals surface area contributed by atoms with Gasteiger partial charge in [-0.3, -0.25) is 0 Å². The maximum Gasteiger partial charge on any atom is 0.0945 e. The lowest BCUT2D eigenvalue weighted by Crippen LogP contribution is -2.43. The van der Waals surface area contributed by atoms with Crippen LogP contribution in [-0.2, 0) is 13.1 Å². The van der Waals surface area contributed by atoms with E-state index in [1.807, 2.05) is 36.8 Å². The van der Waals surface area contributed by atoms with Crippen molar-refractivity contribution in [2.45, 2.75) is 51.7 Å². The van der Waals surface area contributed by atoms with Gasteiger partial charge < -0.3 is 15.7 Å². The fourth-order valence-corrected chi connectivity index (χ4v) is 4.21. The Hall–Kier alpha value is -2.64. The topological polar surface area (TPSA) is 83.8 Å². The van der Waals surface area contributed by atoms with Crippen LogP contribution in [0.25, 0.3) is 0 Å². The zero-order chi connectivity index (χ0) is 22.1. The van der Waals surface area contributed by atoms with Gasteiger partial charge in [0.2, 0.25) is 0 Å². The SMILES string of the molecule is C=C(C(NCCCn1ccnc1)[C@H]1CCCC=C1C)N(Cc1ccc(Cl)cc1)/N=N\N. The van der Waals surface area contributed by atoms with Crippen LogP contribution in [0.15, 0.2) is 77.4 Å². The molecule has 1 aromatic heterocycles. The first-order valence-corrected chi connectivity index (χ1v) is 11.1. The van der Waals surface area contributed by atoms with Gasteiger partial charge in [0, 0.05) is 35.6 Å². The molecule has 7 nitrogen and oxygen atoms in total. The molecule has 8 heteroatoms. The number of hydrogen-bond donors (Lipinski definition) is 2. The third-order valence-corrected chi connectivity index (χ3v) is 6.04. The van der Waals surface area contributed by atoms with Crippen LogP contribution >= 0.6 is 11.6 Å². The summed E-state index contributed by atoms with van der Waals surface area (Å²) in [4.78, 5) is 4.11. The first-order chi connectivity index (χ1) is 15.1. The Labute approximate surface area is 189 Å². The quantitative estimate of drug-likeness (QED) is 0.171. The molecule has 166 valence electrons. The van der Waals surface area contributed by atoms with E-state index < -0.39 is 0 Å². The molecule has 0 saturated carbocycles. The molecule has 31 heavy (non-hydrogen) atoms. The molecule has 1 unspecified atom stereocenters. The highest BCUT2D eigenvalue weighted by Gasteiger charge is 2.29. The minimum Gasteiger partial charge on any atom is -0.337 e. The first-order valence-electron chi connectivity index (χ1n) is 10.8. The van der Waals surface area contributed by atoms with Crippen molar-refractivity contribution < 1.29 is 0 Å². The lowest BCUT2D eigenvalue weighted by Gasteiger charge is -2.35. The van der Waals surface area contributed by atoms with Crippen molar-refractivity contribution in [2.24, 2.45) is 22.2 Å². The molecular weight excluding hydrogens is 410 g/mol. The average Bonchev–Trinajstić information content (AvgIpc) is 3.29. The molecule has 1 aromatic carbocycles. The van der Waals surface area contributed by atoms with Crippen molar-refractivity contribution >= 4 is 11.6 Å². The molecule has 1 aliphatic rings. The number of nitrogens with two attached hydrogens (primary N) is 1. The molecule has 1 aliphatic carbocycles. The van der Waals surface area contributed by atoms with Gasteiger partial charge in [0.1, 0.15) is 0 Å². The number of aryl methyl sites for hydroxylation is 1. The molecule has 0 fully saturated rings. The Balaban J connectivity index is 1.72. The largest absolute Gasteiger partial charge is 0.337 e. The van der Waals surface area contributed by atoms with Gasteiger partial charge >= 0.3 is 0 Å². The van der Waals surface area contributed by atoms with Crippen molar-refractivity contribution in [1.29, 1.82) is 0 Å². The van der Waals surface area contributed by atoms with Crippen molar-refractivity contribution in [3.63, 3.8) is 0 Å². The van der Waals surface area contributed by atoms with Crippen LogP contribution in [0.4, 0.5) is 0 Å². The number of hydrogen-bond acceptors (Lipinski definition) is 4. The van der Waals surface area contributed by atoms with Crippen LogP contribution in [0.5, 0.6) is 0 Å². The van der Waals surface area contributed by atoms with E-state index in [2.05, 4.69) is 44.9 Å². The molecule has 2 atom stereocenters. The van der Waals surface area contributed by atoms with Gasteiger partial charge in [0.05, 0.1) is 18.9 Å². The van der Waals surface area contributed by atoms with Crippen LogP contribution in [0.1, 0.15) is 38.2 Å². The molecule has 0 amide bonds. The molecular formula is C23H32ClN7. The van der Waals surface area contributed by atoms with Gasteiger partial charge in [0.25, 0.3) is 0 Å². The maximum atomic E-state index is 6.03. The van der Waals surface area contributed by atoms with E-state index in [-0.39, 0.29) is 6.04 Å². The highest BCUT2D eigenvalue weighted by Crippen LogP contribution is 2.31. The summed E-state index contributed by atoms with van der Waals surface area (Å²) in [6.07, 6.45) is 12.4. The number of nitrogens with zero attached hydrogens (tertiary/aromatic N) is 5. The van der Waals surface area contributed by atoms with E-state index in [0.717, 1.165) is 43.6 Å². The second-order valence-electron chi connectivity index (χ2n) is 7.95. The van der Waals surface area contributed by atoms with E-state index in [4.69, 9.17) is 17.4 Å². The minimum atomic E-state index is 0.0529. The van der Waals surface area contributed by atoms with Crippen molar-refractivity contribution in [3.05, 3.63) is 77.5 Å². The number of imidazole rings is 1. The fourth-order valence-electron chi connectivity index (χ4n) is 4.08. The molecule has 3 rings (SSSR count). The first kappa shape index (κ1) is 23.0. The molecule has 0 radical (unpaired) electrons. The summed E-state index contributed by atoms with van der Waals surface area (Å²) in [5, 5.41) is 14.0. The van der Waals surface area contributed by atoms with Crippen LogP contribution < -0.4 is 11.2 Å². The number of allylic oxidation sites excluding steroid dienone is 1. The molecule has 3 N–H and O–H groups in total. The van der Waals surface area contributed by atoms with Crippen molar-refractivity contribution in [1.82, 2.24) is 19.9 Å². The lowest BCUT2D eigenvalue weighted by molar-refractivity contribution is 0.261.